The van der Waals surface area contributed by atoms with Gasteiger partial charge >= 0.3 is 0 Å². The minimum atomic E-state index is -0.913. The minimum Gasteiger partial charge on any atom is -0.389 e. The summed E-state index contributed by atoms with van der Waals surface area (Å²) in [5, 5.41) is 12.8. The fourth-order valence-corrected chi connectivity index (χ4v) is 1.71. The summed E-state index contributed by atoms with van der Waals surface area (Å²) < 4.78 is 0. The zero-order valence-electron chi connectivity index (χ0n) is 11.4. The monoisotopic (exact) mass is 251 g/mol. The van der Waals surface area contributed by atoms with Gasteiger partial charge in [0.05, 0.1) is 5.60 Å². The molecule has 1 heterocycles. The third kappa shape index (κ3) is 4.33. The van der Waals surface area contributed by atoms with Crippen molar-refractivity contribution in [1.82, 2.24) is 9.88 Å². The van der Waals surface area contributed by atoms with Gasteiger partial charge < -0.3 is 15.3 Å². The second kappa shape index (κ2) is 5.82. The third-order valence-corrected chi connectivity index (χ3v) is 2.33. The predicted molar refractivity (Wildman–Crippen MR) is 71.7 cm³/mol. The smallest absolute Gasteiger partial charge is 0.272 e. The maximum atomic E-state index is 12.1. The molecule has 1 aromatic heterocycles. The highest BCUT2D eigenvalue weighted by molar-refractivity contribution is 5.93. The van der Waals surface area contributed by atoms with Crippen LogP contribution in [0, 0.1) is 0 Å². The molecular weight excluding hydrogens is 230 g/mol. The Balaban J connectivity index is 2.80. The first-order chi connectivity index (χ1) is 8.33. The molecule has 100 valence electrons. The standard InChI is InChI=1S/C13H21N3O2/c1-5-14-10-6-7-15-11(8-10)12(17)16(4)9-13(2,3)18/h6-8,18H,5,9H2,1-4H3,(H,14,15). The van der Waals surface area contributed by atoms with Gasteiger partial charge in [0.25, 0.3) is 5.91 Å². The third-order valence-electron chi connectivity index (χ3n) is 2.33. The van der Waals surface area contributed by atoms with Gasteiger partial charge in [0.15, 0.2) is 0 Å². The van der Waals surface area contributed by atoms with Crippen molar-refractivity contribution in [2.24, 2.45) is 0 Å². The van der Waals surface area contributed by atoms with E-state index in [1.807, 2.05) is 13.0 Å². The van der Waals surface area contributed by atoms with Crippen molar-refractivity contribution >= 4 is 11.6 Å². The summed E-state index contributed by atoms with van der Waals surface area (Å²) in [5.41, 5.74) is 0.330. The number of anilines is 1. The number of nitrogens with one attached hydrogen (secondary N) is 1. The summed E-state index contributed by atoms with van der Waals surface area (Å²) in [6.07, 6.45) is 1.60. The molecular formula is C13H21N3O2. The molecule has 0 radical (unpaired) electrons. The Morgan fingerprint density at radius 1 is 1.56 bits per heavy atom. The van der Waals surface area contributed by atoms with Gasteiger partial charge in [-0.2, -0.15) is 0 Å². The Bertz CT molecular complexity index is 413. The van der Waals surface area contributed by atoms with Gasteiger partial charge in [-0.1, -0.05) is 0 Å². The first kappa shape index (κ1) is 14.4. The van der Waals surface area contributed by atoms with Gasteiger partial charge in [0.1, 0.15) is 5.69 Å². The Hall–Kier alpha value is -1.62. The molecule has 0 aliphatic heterocycles. The van der Waals surface area contributed by atoms with Crippen molar-refractivity contribution in [2.45, 2.75) is 26.4 Å². The number of carbonyl (C=O) groups is 1. The van der Waals surface area contributed by atoms with Crippen LogP contribution in [-0.4, -0.2) is 46.6 Å². The van der Waals surface area contributed by atoms with Crippen LogP contribution in [0.2, 0.25) is 0 Å². The number of nitrogens with zero attached hydrogens (tertiary/aromatic N) is 2. The Kier molecular flexibility index (Phi) is 4.67. The van der Waals surface area contributed by atoms with E-state index < -0.39 is 5.60 Å². The van der Waals surface area contributed by atoms with Crippen LogP contribution < -0.4 is 5.32 Å². The minimum absolute atomic E-state index is 0.197. The summed E-state index contributed by atoms with van der Waals surface area (Å²) in [6.45, 7) is 6.37. The van der Waals surface area contributed by atoms with E-state index in [0.717, 1.165) is 12.2 Å². The van der Waals surface area contributed by atoms with Crippen LogP contribution in [0.5, 0.6) is 0 Å². The van der Waals surface area contributed by atoms with Crippen LogP contribution >= 0.6 is 0 Å². The lowest BCUT2D eigenvalue weighted by atomic mass is 10.1. The molecule has 1 aromatic rings. The lowest BCUT2D eigenvalue weighted by molar-refractivity contribution is 0.0365. The van der Waals surface area contributed by atoms with Crippen molar-refractivity contribution in [2.75, 3.05) is 25.5 Å². The van der Waals surface area contributed by atoms with E-state index in [2.05, 4.69) is 10.3 Å². The summed E-state index contributed by atoms with van der Waals surface area (Å²) in [6, 6.07) is 3.53. The van der Waals surface area contributed by atoms with Crippen molar-refractivity contribution < 1.29 is 9.90 Å². The zero-order valence-corrected chi connectivity index (χ0v) is 11.4. The van der Waals surface area contributed by atoms with Gasteiger partial charge in [-0.3, -0.25) is 9.78 Å². The van der Waals surface area contributed by atoms with Crippen LogP contribution in [0.1, 0.15) is 31.3 Å². The molecule has 0 fully saturated rings. The van der Waals surface area contributed by atoms with E-state index in [1.165, 1.54) is 4.90 Å². The Morgan fingerprint density at radius 3 is 2.78 bits per heavy atom. The molecule has 0 bridgehead atoms. The number of hydrogen-bond donors (Lipinski definition) is 2. The van der Waals surface area contributed by atoms with E-state index in [1.54, 1.807) is 33.2 Å². The van der Waals surface area contributed by atoms with Gasteiger partial charge in [0.2, 0.25) is 0 Å². The van der Waals surface area contributed by atoms with Crippen LogP contribution in [0.15, 0.2) is 18.3 Å². The van der Waals surface area contributed by atoms with Crippen molar-refractivity contribution in [3.63, 3.8) is 0 Å². The molecule has 0 aliphatic carbocycles. The summed E-state index contributed by atoms with van der Waals surface area (Å²) >= 11 is 0. The maximum Gasteiger partial charge on any atom is 0.272 e. The van der Waals surface area contributed by atoms with Crippen molar-refractivity contribution in [3.05, 3.63) is 24.0 Å². The number of amides is 1. The molecule has 1 amide bonds. The molecule has 18 heavy (non-hydrogen) atoms. The second-order valence-electron chi connectivity index (χ2n) is 4.93. The molecule has 0 spiro atoms. The number of carbonyl (C=O) groups excluding carboxylic acids is 1. The second-order valence-corrected chi connectivity index (χ2v) is 4.93. The van der Waals surface area contributed by atoms with E-state index >= 15 is 0 Å². The maximum absolute atomic E-state index is 12.1. The summed E-state index contributed by atoms with van der Waals surface area (Å²) in [5.74, 6) is -0.197. The molecule has 0 aliphatic rings. The zero-order chi connectivity index (χ0) is 13.8. The van der Waals surface area contributed by atoms with E-state index in [9.17, 15) is 9.90 Å². The van der Waals surface area contributed by atoms with Crippen molar-refractivity contribution in [1.29, 1.82) is 0 Å². The molecule has 1 rings (SSSR count). The molecule has 0 atom stereocenters. The van der Waals surface area contributed by atoms with E-state index in [4.69, 9.17) is 0 Å². The average molecular weight is 251 g/mol. The van der Waals surface area contributed by atoms with Crippen molar-refractivity contribution in [3.8, 4) is 0 Å². The topological polar surface area (TPSA) is 65.5 Å². The quantitative estimate of drug-likeness (QED) is 0.829. The number of rotatable bonds is 5. The Morgan fingerprint density at radius 2 is 2.22 bits per heavy atom. The lowest BCUT2D eigenvalue weighted by Gasteiger charge is -2.25. The highest BCUT2D eigenvalue weighted by atomic mass is 16.3. The van der Waals surface area contributed by atoms with Crippen LogP contribution in [0.25, 0.3) is 0 Å². The van der Waals surface area contributed by atoms with E-state index in [-0.39, 0.29) is 12.5 Å². The fourth-order valence-electron chi connectivity index (χ4n) is 1.71. The van der Waals surface area contributed by atoms with Gasteiger partial charge in [-0.25, -0.2) is 0 Å². The lowest BCUT2D eigenvalue weighted by Crippen LogP contribution is -2.40. The molecule has 5 heteroatoms. The largest absolute Gasteiger partial charge is 0.389 e. The number of pyridine rings is 1. The van der Waals surface area contributed by atoms with Crippen LogP contribution in [0.3, 0.4) is 0 Å². The van der Waals surface area contributed by atoms with Gasteiger partial charge in [-0.05, 0) is 32.9 Å². The summed E-state index contributed by atoms with van der Waals surface area (Å²) in [7, 11) is 1.65. The molecule has 0 saturated heterocycles. The molecule has 0 unspecified atom stereocenters. The van der Waals surface area contributed by atoms with E-state index in [0.29, 0.717) is 5.69 Å². The highest BCUT2D eigenvalue weighted by Gasteiger charge is 2.21. The first-order valence-electron chi connectivity index (χ1n) is 6.01. The molecule has 2 N–H and O–H groups in total. The van der Waals surface area contributed by atoms with Gasteiger partial charge in [0, 0.05) is 32.0 Å². The first-order valence-corrected chi connectivity index (χ1v) is 6.01. The normalized spacial score (nSPS) is 11.2. The van der Waals surface area contributed by atoms with Gasteiger partial charge in [-0.15, -0.1) is 0 Å². The Labute approximate surface area is 108 Å². The van der Waals surface area contributed by atoms with Crippen LogP contribution in [-0.2, 0) is 0 Å². The number of aliphatic hydroxyl groups is 1. The molecule has 5 nitrogen and oxygen atoms in total. The number of likely N-dealkylation sites (N-methyl/N-ethyl adjacent to an activating group) is 1. The number of hydrogen-bond acceptors (Lipinski definition) is 4. The fraction of sp³-hybridized carbons (Fsp3) is 0.538. The number of aromatic nitrogens is 1. The average Bonchev–Trinajstić information content (AvgIpc) is 2.26. The predicted octanol–water partition coefficient (Wildman–Crippen LogP) is 1.36. The molecule has 0 saturated carbocycles. The molecule has 0 aromatic carbocycles. The van der Waals surface area contributed by atoms with Crippen LogP contribution in [0.4, 0.5) is 5.69 Å². The summed E-state index contributed by atoms with van der Waals surface area (Å²) in [4.78, 5) is 17.6. The SMILES string of the molecule is CCNc1ccnc(C(=O)N(C)CC(C)(C)O)c1. The highest BCUT2D eigenvalue weighted by Crippen LogP contribution is 2.11.